The summed E-state index contributed by atoms with van der Waals surface area (Å²) >= 11 is 8.66. The number of carbonyl (C=O) groups excluding carboxylic acids is 1. The SMILES string of the molecule is Cc1c(Cl)cccc1N=C1SCCN1C(=O)CSc1ccc(F)cc1F. The normalized spacial score (nSPS) is 15.7. The molecule has 0 atom stereocenters. The Bertz CT molecular complexity index is 876. The van der Waals surface area contributed by atoms with E-state index < -0.39 is 11.6 Å². The molecule has 1 aliphatic rings. The van der Waals surface area contributed by atoms with Crippen LogP contribution < -0.4 is 0 Å². The fourth-order valence-corrected chi connectivity index (χ4v) is 4.29. The summed E-state index contributed by atoms with van der Waals surface area (Å²) in [5.74, 6) is -0.666. The van der Waals surface area contributed by atoms with Gasteiger partial charge in [-0.25, -0.2) is 13.8 Å². The van der Waals surface area contributed by atoms with Gasteiger partial charge in [-0.3, -0.25) is 9.69 Å². The highest BCUT2D eigenvalue weighted by molar-refractivity contribution is 8.14. The summed E-state index contributed by atoms with van der Waals surface area (Å²) in [5.41, 5.74) is 1.57. The molecule has 8 heteroatoms. The van der Waals surface area contributed by atoms with E-state index in [0.717, 1.165) is 34.8 Å². The van der Waals surface area contributed by atoms with Crippen LogP contribution in [0.5, 0.6) is 0 Å². The first-order valence-electron chi connectivity index (χ1n) is 7.80. The van der Waals surface area contributed by atoms with E-state index >= 15 is 0 Å². The number of carbonyl (C=O) groups is 1. The number of thioether (sulfide) groups is 2. The summed E-state index contributed by atoms with van der Waals surface area (Å²) < 4.78 is 26.7. The third-order valence-corrected chi connectivity index (χ3v) is 6.18. The topological polar surface area (TPSA) is 32.7 Å². The van der Waals surface area contributed by atoms with E-state index in [2.05, 4.69) is 4.99 Å². The molecule has 2 aromatic carbocycles. The van der Waals surface area contributed by atoms with E-state index in [4.69, 9.17) is 11.6 Å². The maximum Gasteiger partial charge on any atom is 0.238 e. The Morgan fingerprint density at radius 1 is 1.35 bits per heavy atom. The van der Waals surface area contributed by atoms with Crippen LogP contribution in [-0.4, -0.2) is 34.0 Å². The minimum atomic E-state index is -0.665. The number of amidine groups is 1. The van der Waals surface area contributed by atoms with Crippen molar-refractivity contribution in [3.05, 3.63) is 58.6 Å². The first-order chi connectivity index (χ1) is 12.5. The maximum absolute atomic E-state index is 13.7. The highest BCUT2D eigenvalue weighted by atomic mass is 35.5. The lowest BCUT2D eigenvalue weighted by Crippen LogP contribution is -2.33. The van der Waals surface area contributed by atoms with Gasteiger partial charge < -0.3 is 0 Å². The molecule has 0 aliphatic carbocycles. The zero-order valence-corrected chi connectivity index (χ0v) is 16.2. The molecule has 0 unspecified atom stereocenters. The molecule has 0 spiro atoms. The molecule has 1 amide bonds. The number of halogens is 3. The van der Waals surface area contributed by atoms with Gasteiger partial charge in [0.25, 0.3) is 0 Å². The number of benzene rings is 2. The van der Waals surface area contributed by atoms with Crippen molar-refractivity contribution in [3.63, 3.8) is 0 Å². The molecular formula is C18H15ClF2N2OS2. The zero-order chi connectivity index (χ0) is 18.7. The molecule has 1 saturated heterocycles. The molecule has 1 aliphatic heterocycles. The summed E-state index contributed by atoms with van der Waals surface area (Å²) in [4.78, 5) is 19.0. The average Bonchev–Trinajstić information content (AvgIpc) is 3.06. The molecule has 26 heavy (non-hydrogen) atoms. The summed E-state index contributed by atoms with van der Waals surface area (Å²) in [6, 6.07) is 8.78. The van der Waals surface area contributed by atoms with Gasteiger partial charge in [0.15, 0.2) is 5.17 Å². The van der Waals surface area contributed by atoms with Gasteiger partial charge in [-0.05, 0) is 36.8 Å². The summed E-state index contributed by atoms with van der Waals surface area (Å²) in [6.45, 7) is 2.43. The number of rotatable bonds is 4. The van der Waals surface area contributed by atoms with Crippen LogP contribution in [0.25, 0.3) is 0 Å². The fraction of sp³-hybridized carbons (Fsp3) is 0.222. The van der Waals surface area contributed by atoms with E-state index in [9.17, 15) is 13.6 Å². The van der Waals surface area contributed by atoms with Gasteiger partial charge >= 0.3 is 0 Å². The lowest BCUT2D eigenvalue weighted by atomic mass is 10.2. The Balaban J connectivity index is 1.72. The van der Waals surface area contributed by atoms with Crippen LogP contribution in [0.2, 0.25) is 5.02 Å². The first kappa shape index (κ1) is 19.2. The van der Waals surface area contributed by atoms with Crippen molar-refractivity contribution in [2.75, 3.05) is 18.1 Å². The van der Waals surface area contributed by atoms with Crippen LogP contribution in [-0.2, 0) is 4.79 Å². The van der Waals surface area contributed by atoms with Crippen molar-refractivity contribution < 1.29 is 13.6 Å². The first-order valence-corrected chi connectivity index (χ1v) is 10.2. The molecule has 0 N–H and O–H groups in total. The summed E-state index contributed by atoms with van der Waals surface area (Å²) in [6.07, 6.45) is 0. The van der Waals surface area contributed by atoms with Crippen LogP contribution in [0.1, 0.15) is 5.56 Å². The molecule has 3 rings (SSSR count). The second-order valence-corrected chi connectivity index (χ2v) is 8.02. The molecule has 136 valence electrons. The Morgan fingerprint density at radius 2 is 2.15 bits per heavy atom. The third kappa shape index (κ3) is 4.39. The summed E-state index contributed by atoms with van der Waals surface area (Å²) in [7, 11) is 0. The third-order valence-electron chi connectivity index (χ3n) is 3.78. The van der Waals surface area contributed by atoms with Crippen LogP contribution in [0.4, 0.5) is 14.5 Å². The Morgan fingerprint density at radius 3 is 2.92 bits per heavy atom. The smallest absolute Gasteiger partial charge is 0.238 e. The van der Waals surface area contributed by atoms with E-state index in [-0.39, 0.29) is 16.6 Å². The lowest BCUT2D eigenvalue weighted by Gasteiger charge is -2.16. The quantitative estimate of drug-likeness (QED) is 0.640. The van der Waals surface area contributed by atoms with E-state index in [0.29, 0.717) is 16.7 Å². The predicted molar refractivity (Wildman–Crippen MR) is 105 cm³/mol. The van der Waals surface area contributed by atoms with Crippen molar-refractivity contribution in [1.29, 1.82) is 0 Å². The van der Waals surface area contributed by atoms with Crippen LogP contribution in [0.15, 0.2) is 46.3 Å². The minimum absolute atomic E-state index is 0.0522. The standard InChI is InChI=1S/C18H15ClF2N2OS2/c1-11-13(19)3-2-4-15(11)22-18-23(7-8-25-18)17(24)10-26-16-6-5-12(20)9-14(16)21/h2-6,9H,7-8,10H2,1H3. The monoisotopic (exact) mass is 412 g/mol. The molecule has 0 radical (unpaired) electrons. The molecule has 3 nitrogen and oxygen atoms in total. The van der Waals surface area contributed by atoms with E-state index in [1.165, 1.54) is 23.9 Å². The van der Waals surface area contributed by atoms with E-state index in [1.807, 2.05) is 19.1 Å². The predicted octanol–water partition coefficient (Wildman–Crippen LogP) is 5.28. The number of hydrogen-bond donors (Lipinski definition) is 0. The second kappa shape index (κ2) is 8.41. The van der Waals surface area contributed by atoms with Gasteiger partial charge in [-0.1, -0.05) is 29.4 Å². The minimum Gasteiger partial charge on any atom is -0.290 e. The second-order valence-electron chi connectivity index (χ2n) is 5.54. The molecule has 0 aromatic heterocycles. The molecule has 0 bridgehead atoms. The molecule has 1 fully saturated rings. The number of nitrogens with zero attached hydrogens (tertiary/aromatic N) is 2. The van der Waals surface area contributed by atoms with Crippen LogP contribution in [0, 0.1) is 18.6 Å². The van der Waals surface area contributed by atoms with Gasteiger partial charge in [0.05, 0.1) is 11.4 Å². The van der Waals surface area contributed by atoms with Gasteiger partial charge in [0, 0.05) is 28.3 Å². The lowest BCUT2D eigenvalue weighted by molar-refractivity contribution is -0.124. The largest absolute Gasteiger partial charge is 0.290 e. The van der Waals surface area contributed by atoms with Crippen LogP contribution >= 0.6 is 35.1 Å². The number of hydrogen-bond acceptors (Lipinski definition) is 4. The van der Waals surface area contributed by atoms with Crippen molar-refractivity contribution in [2.24, 2.45) is 4.99 Å². The van der Waals surface area contributed by atoms with Crippen molar-refractivity contribution in [2.45, 2.75) is 11.8 Å². The molecule has 0 saturated carbocycles. The van der Waals surface area contributed by atoms with E-state index in [1.54, 1.807) is 11.0 Å². The molecule has 1 heterocycles. The maximum atomic E-state index is 13.7. The Labute approximate surface area is 163 Å². The highest BCUT2D eigenvalue weighted by Crippen LogP contribution is 2.30. The molecule has 2 aromatic rings. The molecular weight excluding hydrogens is 398 g/mol. The van der Waals surface area contributed by atoms with Crippen molar-refractivity contribution in [1.82, 2.24) is 4.90 Å². The fourth-order valence-electron chi connectivity index (χ4n) is 2.36. The van der Waals surface area contributed by atoms with Gasteiger partial charge in [0.1, 0.15) is 11.6 Å². The van der Waals surface area contributed by atoms with Crippen molar-refractivity contribution in [3.8, 4) is 0 Å². The van der Waals surface area contributed by atoms with Gasteiger partial charge in [0.2, 0.25) is 5.91 Å². The number of aliphatic imine (C=N–C) groups is 1. The highest BCUT2D eigenvalue weighted by Gasteiger charge is 2.26. The van der Waals surface area contributed by atoms with Gasteiger partial charge in [-0.2, -0.15) is 0 Å². The van der Waals surface area contributed by atoms with Gasteiger partial charge in [-0.15, -0.1) is 11.8 Å². The Hall–Kier alpha value is -1.57. The summed E-state index contributed by atoms with van der Waals surface area (Å²) in [5, 5.41) is 1.23. The van der Waals surface area contributed by atoms with Crippen LogP contribution in [0.3, 0.4) is 0 Å². The zero-order valence-electron chi connectivity index (χ0n) is 13.8. The van der Waals surface area contributed by atoms with Crippen molar-refractivity contribution >= 4 is 51.9 Å². The number of amides is 1. The Kier molecular flexibility index (Phi) is 6.21. The average molecular weight is 413 g/mol.